The lowest BCUT2D eigenvalue weighted by atomic mass is 9.75. The second-order valence-electron chi connectivity index (χ2n) is 7.65. The summed E-state index contributed by atoms with van der Waals surface area (Å²) in [6.07, 6.45) is 0.361. The molecule has 1 fully saturated rings. The van der Waals surface area contributed by atoms with E-state index in [1.165, 1.54) is 30.7 Å². The van der Waals surface area contributed by atoms with Crippen LogP contribution in [-0.4, -0.2) is 51.5 Å². The van der Waals surface area contributed by atoms with E-state index in [2.05, 4.69) is 0 Å². The molecule has 0 amide bonds. The number of ether oxygens (including phenoxy) is 2. The average Bonchev–Trinajstić information content (AvgIpc) is 2.79. The number of nitrogens with zero attached hydrogens (tertiary/aromatic N) is 1. The number of sulfonamides is 1. The molecule has 0 aromatic heterocycles. The van der Waals surface area contributed by atoms with E-state index >= 15 is 0 Å². The average molecular weight is 446 g/mol. The summed E-state index contributed by atoms with van der Waals surface area (Å²) < 4.78 is 38.0. The molecule has 0 spiro atoms. The van der Waals surface area contributed by atoms with E-state index in [1.54, 1.807) is 12.1 Å². The van der Waals surface area contributed by atoms with Gasteiger partial charge in [-0.25, -0.2) is 8.42 Å². The first-order valence-electron chi connectivity index (χ1n) is 10.1. The molecule has 1 heterocycles. The Balaban J connectivity index is 2.08. The standard InChI is InChI=1S/C23H27NO6S/c1-16-9-11-18(12-10-16)31(27,28)24-14-13-19(17-7-5-4-6-8-17)20(15-21(25)29-2)22(24)23(26)30-3/h4-12,19-20,22H,13-15H2,1-3H3/t19-,20+,22-/m1/s1. The molecule has 166 valence electrons. The van der Waals surface area contributed by atoms with Crippen molar-refractivity contribution in [3.8, 4) is 0 Å². The van der Waals surface area contributed by atoms with Crippen LogP contribution in [0.4, 0.5) is 0 Å². The van der Waals surface area contributed by atoms with Gasteiger partial charge in [-0.2, -0.15) is 4.31 Å². The van der Waals surface area contributed by atoms with Crippen molar-refractivity contribution in [3.05, 3.63) is 65.7 Å². The van der Waals surface area contributed by atoms with Crippen LogP contribution in [0.2, 0.25) is 0 Å². The number of hydrogen-bond acceptors (Lipinski definition) is 6. The van der Waals surface area contributed by atoms with Crippen molar-refractivity contribution < 1.29 is 27.5 Å². The molecule has 0 N–H and O–H groups in total. The molecule has 3 rings (SSSR count). The molecular formula is C23H27NO6S. The zero-order valence-electron chi connectivity index (χ0n) is 17.9. The maximum absolute atomic E-state index is 13.5. The van der Waals surface area contributed by atoms with Gasteiger partial charge in [0.1, 0.15) is 6.04 Å². The lowest BCUT2D eigenvalue weighted by Crippen LogP contribution is -2.55. The van der Waals surface area contributed by atoms with Crippen LogP contribution in [0, 0.1) is 12.8 Å². The Hall–Kier alpha value is -2.71. The minimum Gasteiger partial charge on any atom is -0.469 e. The molecule has 3 atom stereocenters. The summed E-state index contributed by atoms with van der Waals surface area (Å²) in [5.41, 5.74) is 1.87. The van der Waals surface area contributed by atoms with E-state index in [-0.39, 0.29) is 23.8 Å². The number of benzene rings is 2. The van der Waals surface area contributed by atoms with Crippen LogP contribution in [-0.2, 0) is 29.1 Å². The number of esters is 2. The van der Waals surface area contributed by atoms with E-state index in [9.17, 15) is 18.0 Å². The summed E-state index contributed by atoms with van der Waals surface area (Å²) in [4.78, 5) is 25.2. The molecule has 0 unspecified atom stereocenters. The Morgan fingerprint density at radius 2 is 1.65 bits per heavy atom. The Labute approximate surface area is 183 Å². The third-order valence-electron chi connectivity index (χ3n) is 5.82. The van der Waals surface area contributed by atoms with Crippen LogP contribution in [0.15, 0.2) is 59.5 Å². The fourth-order valence-electron chi connectivity index (χ4n) is 4.23. The van der Waals surface area contributed by atoms with Gasteiger partial charge in [-0.15, -0.1) is 0 Å². The quantitative estimate of drug-likeness (QED) is 0.635. The number of carbonyl (C=O) groups is 2. The summed E-state index contributed by atoms with van der Waals surface area (Å²) >= 11 is 0. The second-order valence-corrected chi connectivity index (χ2v) is 9.54. The van der Waals surface area contributed by atoms with Crippen molar-refractivity contribution >= 4 is 22.0 Å². The SMILES string of the molecule is COC(=O)C[C@H]1[C@@H](c2ccccc2)CCN(S(=O)(=O)c2ccc(C)cc2)[C@H]1C(=O)OC. The van der Waals surface area contributed by atoms with Crippen molar-refractivity contribution in [1.29, 1.82) is 0 Å². The van der Waals surface area contributed by atoms with E-state index in [0.29, 0.717) is 6.42 Å². The molecule has 0 aliphatic carbocycles. The van der Waals surface area contributed by atoms with Crippen molar-refractivity contribution in [2.45, 2.75) is 36.6 Å². The van der Waals surface area contributed by atoms with Crippen molar-refractivity contribution in [3.63, 3.8) is 0 Å². The number of methoxy groups -OCH3 is 2. The minimum absolute atomic E-state index is 0.0991. The Bertz CT molecular complexity index is 1020. The fourth-order valence-corrected chi connectivity index (χ4v) is 5.86. The van der Waals surface area contributed by atoms with Gasteiger partial charge in [-0.1, -0.05) is 48.0 Å². The van der Waals surface area contributed by atoms with Crippen LogP contribution in [0.3, 0.4) is 0 Å². The maximum atomic E-state index is 13.5. The third-order valence-corrected chi connectivity index (χ3v) is 7.72. The van der Waals surface area contributed by atoms with Crippen LogP contribution in [0.1, 0.15) is 29.9 Å². The molecule has 7 nitrogen and oxygen atoms in total. The molecule has 1 aliphatic rings. The lowest BCUT2D eigenvalue weighted by molar-refractivity contribution is -0.151. The van der Waals surface area contributed by atoms with E-state index in [1.807, 2.05) is 37.3 Å². The zero-order chi connectivity index (χ0) is 22.6. The van der Waals surface area contributed by atoms with Crippen molar-refractivity contribution in [1.82, 2.24) is 4.31 Å². The summed E-state index contributed by atoms with van der Waals surface area (Å²) in [7, 11) is -1.49. The fraction of sp³-hybridized carbons (Fsp3) is 0.391. The molecular weight excluding hydrogens is 418 g/mol. The number of carbonyl (C=O) groups excluding carboxylic acids is 2. The van der Waals surface area contributed by atoms with Gasteiger partial charge in [0.25, 0.3) is 0 Å². The van der Waals surface area contributed by atoms with Gasteiger partial charge < -0.3 is 9.47 Å². The minimum atomic E-state index is -3.98. The number of hydrogen-bond donors (Lipinski definition) is 0. The van der Waals surface area contributed by atoms with E-state index in [4.69, 9.17) is 9.47 Å². The van der Waals surface area contributed by atoms with Crippen LogP contribution < -0.4 is 0 Å². The summed E-state index contributed by atoms with van der Waals surface area (Å²) in [6.45, 7) is 2.00. The van der Waals surface area contributed by atoms with Crippen LogP contribution >= 0.6 is 0 Å². The van der Waals surface area contributed by atoms with Crippen molar-refractivity contribution in [2.24, 2.45) is 5.92 Å². The van der Waals surface area contributed by atoms with Gasteiger partial charge in [0.2, 0.25) is 10.0 Å². The highest BCUT2D eigenvalue weighted by Gasteiger charge is 2.49. The van der Waals surface area contributed by atoms with Crippen LogP contribution in [0.25, 0.3) is 0 Å². The smallest absolute Gasteiger partial charge is 0.324 e. The van der Waals surface area contributed by atoms with Gasteiger partial charge in [-0.3, -0.25) is 9.59 Å². The normalized spacial score (nSPS) is 22.0. The summed E-state index contributed by atoms with van der Waals surface area (Å²) in [5, 5.41) is 0. The molecule has 31 heavy (non-hydrogen) atoms. The molecule has 0 radical (unpaired) electrons. The highest BCUT2D eigenvalue weighted by molar-refractivity contribution is 7.89. The zero-order valence-corrected chi connectivity index (χ0v) is 18.7. The monoisotopic (exact) mass is 445 g/mol. The topological polar surface area (TPSA) is 90.0 Å². The van der Waals surface area contributed by atoms with E-state index < -0.39 is 33.9 Å². The first-order valence-corrected chi connectivity index (χ1v) is 11.5. The van der Waals surface area contributed by atoms with Gasteiger partial charge in [-0.05, 0) is 37.0 Å². The molecule has 0 saturated carbocycles. The predicted molar refractivity (Wildman–Crippen MR) is 115 cm³/mol. The summed E-state index contributed by atoms with van der Waals surface area (Å²) in [6, 6.07) is 14.8. The molecule has 8 heteroatoms. The summed E-state index contributed by atoms with van der Waals surface area (Å²) in [5.74, 6) is -2.02. The molecule has 1 saturated heterocycles. The van der Waals surface area contributed by atoms with Gasteiger partial charge in [0.05, 0.1) is 25.5 Å². The van der Waals surface area contributed by atoms with Crippen molar-refractivity contribution in [2.75, 3.05) is 20.8 Å². The Kier molecular flexibility index (Phi) is 7.12. The lowest BCUT2D eigenvalue weighted by Gasteiger charge is -2.43. The molecule has 1 aliphatic heterocycles. The number of rotatable bonds is 6. The Morgan fingerprint density at radius 3 is 2.23 bits per heavy atom. The number of piperidine rings is 1. The second kappa shape index (κ2) is 9.62. The first-order chi connectivity index (χ1) is 14.8. The third kappa shape index (κ3) is 4.80. The highest BCUT2D eigenvalue weighted by atomic mass is 32.2. The largest absolute Gasteiger partial charge is 0.469 e. The first kappa shape index (κ1) is 23.0. The van der Waals surface area contributed by atoms with Crippen LogP contribution in [0.5, 0.6) is 0 Å². The molecule has 0 bridgehead atoms. The van der Waals surface area contributed by atoms with E-state index in [0.717, 1.165) is 11.1 Å². The van der Waals surface area contributed by atoms with Gasteiger partial charge in [0, 0.05) is 12.5 Å². The predicted octanol–water partition coefficient (Wildman–Crippen LogP) is 2.89. The maximum Gasteiger partial charge on any atom is 0.324 e. The molecule has 2 aromatic rings. The Morgan fingerprint density at radius 1 is 1.00 bits per heavy atom. The van der Waals surface area contributed by atoms with Gasteiger partial charge >= 0.3 is 11.9 Å². The molecule has 2 aromatic carbocycles. The van der Waals surface area contributed by atoms with Gasteiger partial charge in [0.15, 0.2) is 0 Å². The number of aryl methyl sites for hydroxylation is 1. The highest BCUT2D eigenvalue weighted by Crippen LogP contribution is 2.41.